The summed E-state index contributed by atoms with van der Waals surface area (Å²) in [7, 11) is 1.60. The lowest BCUT2D eigenvalue weighted by atomic mass is 10.1. The summed E-state index contributed by atoms with van der Waals surface area (Å²) in [5.74, 6) is 1.18. The van der Waals surface area contributed by atoms with Crippen LogP contribution in [0.4, 0.5) is 0 Å². The van der Waals surface area contributed by atoms with Crippen LogP contribution in [0.25, 0.3) is 17.0 Å². The molecular formula is C20H18N4O3. The minimum atomic E-state index is -0.377. The molecular weight excluding hydrogens is 344 g/mol. The molecule has 0 radical (unpaired) electrons. The molecule has 0 aliphatic carbocycles. The maximum atomic E-state index is 12.4. The van der Waals surface area contributed by atoms with Crippen LogP contribution in [-0.2, 0) is 11.2 Å². The fraction of sp³-hybridized carbons (Fsp3) is 0.150. The molecule has 0 atom stereocenters. The first-order chi connectivity index (χ1) is 13.1. The molecule has 0 saturated carbocycles. The number of H-pyrrole nitrogens is 1. The van der Waals surface area contributed by atoms with Gasteiger partial charge in [-0.25, -0.2) is 4.98 Å². The second-order valence-electron chi connectivity index (χ2n) is 6.11. The topological polar surface area (TPSA) is 82.0 Å². The van der Waals surface area contributed by atoms with Gasteiger partial charge in [-0.1, -0.05) is 24.3 Å². The lowest BCUT2D eigenvalue weighted by Crippen LogP contribution is -2.14. The van der Waals surface area contributed by atoms with Crippen LogP contribution in [0, 0.1) is 6.92 Å². The molecule has 0 fully saturated rings. The molecule has 0 aliphatic rings. The number of ether oxygens (including phenoxy) is 2. The average Bonchev–Trinajstić information content (AvgIpc) is 3.25. The Morgan fingerprint density at radius 3 is 2.67 bits per heavy atom. The van der Waals surface area contributed by atoms with Crippen molar-refractivity contribution in [2.24, 2.45) is 0 Å². The molecule has 0 bridgehead atoms. The van der Waals surface area contributed by atoms with Crippen LogP contribution in [0.5, 0.6) is 11.6 Å². The van der Waals surface area contributed by atoms with E-state index in [2.05, 4.69) is 15.1 Å². The summed E-state index contributed by atoms with van der Waals surface area (Å²) in [6.45, 7) is 1.83. The van der Waals surface area contributed by atoms with Gasteiger partial charge in [0.25, 0.3) is 0 Å². The number of methoxy groups -OCH3 is 1. The number of aromatic amines is 1. The second-order valence-corrected chi connectivity index (χ2v) is 6.11. The lowest BCUT2D eigenvalue weighted by molar-refractivity contribution is -0.134. The number of nitrogens with one attached hydrogen (secondary N) is 1. The van der Waals surface area contributed by atoms with Gasteiger partial charge in [-0.2, -0.15) is 9.78 Å². The zero-order chi connectivity index (χ0) is 18.8. The fourth-order valence-electron chi connectivity index (χ4n) is 2.80. The molecule has 2 aromatic heterocycles. The van der Waals surface area contributed by atoms with Gasteiger partial charge in [-0.05, 0) is 36.8 Å². The predicted molar refractivity (Wildman–Crippen MR) is 100 cm³/mol. The van der Waals surface area contributed by atoms with Gasteiger partial charge in [0, 0.05) is 6.07 Å². The number of carbonyl (C=O) groups excluding carboxylic acids is 1. The van der Waals surface area contributed by atoms with Gasteiger partial charge < -0.3 is 14.5 Å². The standard InChI is InChI=1S/C20H18N4O3/c1-13-11-18(27-19(25)12-14-7-9-15(26-2)10-8-14)24(23-13)20-21-16-5-3-4-6-17(16)22-20/h3-11H,12H2,1-2H3,(H,21,22). The highest BCUT2D eigenvalue weighted by Crippen LogP contribution is 2.21. The van der Waals surface area contributed by atoms with E-state index < -0.39 is 0 Å². The molecule has 7 nitrogen and oxygen atoms in total. The normalized spacial score (nSPS) is 10.9. The molecule has 0 saturated heterocycles. The maximum absolute atomic E-state index is 12.4. The molecule has 0 aliphatic heterocycles. The Bertz CT molecular complexity index is 1060. The summed E-state index contributed by atoms with van der Waals surface area (Å²) < 4.78 is 12.2. The van der Waals surface area contributed by atoms with Crippen LogP contribution in [0.1, 0.15) is 11.3 Å². The number of rotatable bonds is 5. The number of aromatic nitrogens is 4. The van der Waals surface area contributed by atoms with Gasteiger partial charge in [-0.3, -0.25) is 4.79 Å². The molecule has 1 N–H and O–H groups in total. The minimum Gasteiger partial charge on any atom is -0.497 e. The largest absolute Gasteiger partial charge is 0.497 e. The zero-order valence-electron chi connectivity index (χ0n) is 15.0. The average molecular weight is 362 g/mol. The van der Waals surface area contributed by atoms with E-state index in [0.29, 0.717) is 11.8 Å². The molecule has 4 rings (SSSR count). The van der Waals surface area contributed by atoms with Crippen LogP contribution in [0.15, 0.2) is 54.6 Å². The number of esters is 1. The number of imidazole rings is 1. The quantitative estimate of drug-likeness (QED) is 0.551. The highest BCUT2D eigenvalue weighted by Gasteiger charge is 2.16. The van der Waals surface area contributed by atoms with E-state index in [-0.39, 0.29) is 12.4 Å². The Morgan fingerprint density at radius 2 is 1.93 bits per heavy atom. The summed E-state index contributed by atoms with van der Waals surface area (Å²) in [6, 6.07) is 16.7. The second kappa shape index (κ2) is 6.95. The summed E-state index contributed by atoms with van der Waals surface area (Å²) in [4.78, 5) is 20.1. The molecule has 7 heteroatoms. The van der Waals surface area contributed by atoms with E-state index in [9.17, 15) is 4.79 Å². The Balaban J connectivity index is 1.56. The van der Waals surface area contributed by atoms with E-state index in [0.717, 1.165) is 28.0 Å². The predicted octanol–water partition coefficient (Wildman–Crippen LogP) is 3.21. The summed E-state index contributed by atoms with van der Waals surface area (Å²) in [5, 5.41) is 4.39. The molecule has 136 valence electrons. The highest BCUT2D eigenvalue weighted by molar-refractivity contribution is 5.77. The van der Waals surface area contributed by atoms with Crippen molar-refractivity contribution < 1.29 is 14.3 Å². The van der Waals surface area contributed by atoms with Crippen molar-refractivity contribution in [3.63, 3.8) is 0 Å². The summed E-state index contributed by atoms with van der Waals surface area (Å²) in [5.41, 5.74) is 3.27. The first kappa shape index (κ1) is 16.8. The van der Waals surface area contributed by atoms with Crippen LogP contribution in [-0.4, -0.2) is 32.8 Å². The smallest absolute Gasteiger partial charge is 0.316 e. The monoisotopic (exact) mass is 362 g/mol. The molecule has 0 amide bonds. The van der Waals surface area contributed by atoms with Crippen LogP contribution in [0.2, 0.25) is 0 Å². The summed E-state index contributed by atoms with van der Waals surface area (Å²) >= 11 is 0. The molecule has 0 spiro atoms. The van der Waals surface area contributed by atoms with Crippen molar-refractivity contribution in [3.8, 4) is 17.6 Å². The van der Waals surface area contributed by atoms with Crippen molar-refractivity contribution in [1.29, 1.82) is 0 Å². The number of para-hydroxylation sites is 2. The number of hydrogen-bond donors (Lipinski definition) is 1. The van der Waals surface area contributed by atoms with E-state index in [1.54, 1.807) is 13.2 Å². The van der Waals surface area contributed by atoms with Gasteiger partial charge >= 0.3 is 5.97 Å². The Morgan fingerprint density at radius 1 is 1.15 bits per heavy atom. The number of hydrogen-bond acceptors (Lipinski definition) is 5. The molecule has 27 heavy (non-hydrogen) atoms. The van der Waals surface area contributed by atoms with Crippen molar-refractivity contribution in [1.82, 2.24) is 19.7 Å². The van der Waals surface area contributed by atoms with E-state index in [1.165, 1.54) is 4.68 Å². The minimum absolute atomic E-state index is 0.147. The Hall–Kier alpha value is -3.61. The molecule has 2 aromatic carbocycles. The van der Waals surface area contributed by atoms with Gasteiger partial charge in [0.15, 0.2) is 0 Å². The summed E-state index contributed by atoms with van der Waals surface area (Å²) in [6.07, 6.45) is 0.147. The number of benzene rings is 2. The van der Waals surface area contributed by atoms with Gasteiger partial charge in [0.1, 0.15) is 5.75 Å². The number of nitrogens with zero attached hydrogens (tertiary/aromatic N) is 3. The number of aryl methyl sites for hydroxylation is 1. The first-order valence-electron chi connectivity index (χ1n) is 8.48. The van der Waals surface area contributed by atoms with Gasteiger partial charge in [0.2, 0.25) is 11.8 Å². The van der Waals surface area contributed by atoms with E-state index in [1.807, 2.05) is 55.5 Å². The fourth-order valence-corrected chi connectivity index (χ4v) is 2.80. The van der Waals surface area contributed by atoms with Crippen LogP contribution in [0.3, 0.4) is 0 Å². The van der Waals surface area contributed by atoms with Crippen molar-refractivity contribution in [3.05, 3.63) is 65.9 Å². The van der Waals surface area contributed by atoms with Crippen molar-refractivity contribution in [2.45, 2.75) is 13.3 Å². The molecule has 0 unspecified atom stereocenters. The first-order valence-corrected chi connectivity index (χ1v) is 8.48. The lowest BCUT2D eigenvalue weighted by Gasteiger charge is -2.06. The number of carbonyl (C=O) groups is 1. The third-order valence-electron chi connectivity index (χ3n) is 4.10. The Kier molecular flexibility index (Phi) is 4.33. The van der Waals surface area contributed by atoms with E-state index in [4.69, 9.17) is 9.47 Å². The van der Waals surface area contributed by atoms with Crippen LogP contribution >= 0.6 is 0 Å². The van der Waals surface area contributed by atoms with Crippen molar-refractivity contribution in [2.75, 3.05) is 7.11 Å². The third-order valence-corrected chi connectivity index (χ3v) is 4.10. The number of fused-ring (bicyclic) bond motifs is 1. The Labute approximate surface area is 155 Å². The molecule has 4 aromatic rings. The third kappa shape index (κ3) is 3.52. The van der Waals surface area contributed by atoms with Gasteiger partial charge in [0.05, 0.1) is 30.3 Å². The van der Waals surface area contributed by atoms with E-state index >= 15 is 0 Å². The maximum Gasteiger partial charge on any atom is 0.316 e. The molecule has 2 heterocycles. The zero-order valence-corrected chi connectivity index (χ0v) is 15.0. The highest BCUT2D eigenvalue weighted by atomic mass is 16.5. The van der Waals surface area contributed by atoms with Gasteiger partial charge in [-0.15, -0.1) is 0 Å². The SMILES string of the molecule is COc1ccc(CC(=O)Oc2cc(C)nn2-c2nc3ccccc3[nH]2)cc1. The van der Waals surface area contributed by atoms with Crippen LogP contribution < -0.4 is 9.47 Å². The van der Waals surface area contributed by atoms with Crippen molar-refractivity contribution >= 4 is 17.0 Å².